The molecule has 4 aromatic rings. The molecular weight excluding hydrogens is 443 g/mol. The van der Waals surface area contributed by atoms with E-state index in [1.165, 1.54) is 12.1 Å². The number of nitrogens with one attached hydrogen (secondary N) is 1. The highest BCUT2D eigenvalue weighted by Gasteiger charge is 2.36. The van der Waals surface area contributed by atoms with Crippen molar-refractivity contribution < 1.29 is 13.7 Å². The van der Waals surface area contributed by atoms with Crippen LogP contribution in [0.15, 0.2) is 83.0 Å². The van der Waals surface area contributed by atoms with Gasteiger partial charge in [0.1, 0.15) is 5.82 Å². The Labute approximate surface area is 203 Å². The smallest absolute Gasteiger partial charge is 0.322 e. The van der Waals surface area contributed by atoms with Crippen LogP contribution in [-0.4, -0.2) is 21.1 Å². The Morgan fingerprint density at radius 1 is 1.00 bits per heavy atom. The third kappa shape index (κ3) is 4.45. The number of carbonyl (C=O) groups excluding carboxylic acids is 1. The van der Waals surface area contributed by atoms with E-state index in [9.17, 15) is 9.18 Å². The van der Waals surface area contributed by atoms with Gasteiger partial charge in [-0.05, 0) is 55.7 Å². The Balaban J connectivity index is 1.62. The number of allylic oxidation sites excluding steroid dienone is 1. The molecule has 5 rings (SSSR count). The molecule has 1 aliphatic rings. The molecule has 1 aliphatic heterocycles. The van der Waals surface area contributed by atoms with E-state index in [0.29, 0.717) is 29.2 Å². The van der Waals surface area contributed by atoms with Crippen molar-refractivity contribution >= 4 is 11.6 Å². The number of urea groups is 1. The van der Waals surface area contributed by atoms with Gasteiger partial charge in [0.05, 0.1) is 18.2 Å². The highest BCUT2D eigenvalue weighted by atomic mass is 19.1. The van der Waals surface area contributed by atoms with Crippen molar-refractivity contribution in [1.82, 2.24) is 20.4 Å². The van der Waals surface area contributed by atoms with Crippen molar-refractivity contribution in [3.8, 4) is 11.4 Å². The first-order valence-corrected chi connectivity index (χ1v) is 11.4. The second-order valence-electron chi connectivity index (χ2n) is 8.74. The van der Waals surface area contributed by atoms with Crippen LogP contribution in [0.4, 0.5) is 9.18 Å². The van der Waals surface area contributed by atoms with Gasteiger partial charge in [0.15, 0.2) is 0 Å². The Hall–Kier alpha value is -4.26. The molecule has 1 aromatic heterocycles. The molecule has 3 aromatic carbocycles. The number of hydrogen-bond acceptors (Lipinski definition) is 4. The number of benzene rings is 3. The SMILES string of the molecule is CC1=C(c2nc(-c3cccc(C)c3)no2)C(c2cccc(F)c2)NC(=O)N1Cc1ccccc1C. The van der Waals surface area contributed by atoms with Gasteiger partial charge in [-0.15, -0.1) is 0 Å². The van der Waals surface area contributed by atoms with Gasteiger partial charge >= 0.3 is 6.03 Å². The number of aromatic nitrogens is 2. The molecule has 6 nitrogen and oxygen atoms in total. The van der Waals surface area contributed by atoms with Crippen LogP contribution >= 0.6 is 0 Å². The number of hydrogen-bond donors (Lipinski definition) is 1. The quantitative estimate of drug-likeness (QED) is 0.379. The summed E-state index contributed by atoms with van der Waals surface area (Å²) < 4.78 is 19.8. The molecule has 176 valence electrons. The Morgan fingerprint density at radius 3 is 2.57 bits per heavy atom. The summed E-state index contributed by atoms with van der Waals surface area (Å²) in [5.41, 5.74) is 5.92. The summed E-state index contributed by atoms with van der Waals surface area (Å²) in [4.78, 5) is 19.6. The highest BCUT2D eigenvalue weighted by Crippen LogP contribution is 2.38. The van der Waals surface area contributed by atoms with Crippen molar-refractivity contribution in [2.24, 2.45) is 0 Å². The van der Waals surface area contributed by atoms with E-state index in [2.05, 4.69) is 15.5 Å². The largest absolute Gasteiger partial charge is 0.334 e. The number of carbonyl (C=O) groups is 1. The normalized spacial score (nSPS) is 15.9. The number of rotatable bonds is 5. The number of halogens is 1. The first-order chi connectivity index (χ1) is 16.9. The first-order valence-electron chi connectivity index (χ1n) is 11.4. The molecule has 0 bridgehead atoms. The summed E-state index contributed by atoms with van der Waals surface area (Å²) in [6.07, 6.45) is 0. The summed E-state index contributed by atoms with van der Waals surface area (Å²) >= 11 is 0. The van der Waals surface area contributed by atoms with E-state index >= 15 is 0 Å². The lowest BCUT2D eigenvalue weighted by Crippen LogP contribution is -2.45. The number of nitrogens with zero attached hydrogens (tertiary/aromatic N) is 3. The van der Waals surface area contributed by atoms with Crippen molar-refractivity contribution in [2.45, 2.75) is 33.4 Å². The minimum Gasteiger partial charge on any atom is -0.334 e. The fourth-order valence-electron chi connectivity index (χ4n) is 4.38. The molecule has 1 unspecified atom stereocenters. The molecule has 2 amide bonds. The topological polar surface area (TPSA) is 71.3 Å². The standard InChI is InChI=1S/C28H25FN4O2/c1-17-8-6-12-21(14-17)26-31-27(35-32-26)24-19(3)33(16-22-10-5-4-9-18(22)2)28(34)30-25(24)20-11-7-13-23(29)15-20/h4-15,25H,16H2,1-3H3,(H,30,34). The lowest BCUT2D eigenvalue weighted by molar-refractivity contribution is 0.203. The lowest BCUT2D eigenvalue weighted by atomic mass is 9.94. The molecule has 35 heavy (non-hydrogen) atoms. The van der Waals surface area contributed by atoms with Crippen molar-refractivity contribution in [3.63, 3.8) is 0 Å². The predicted octanol–water partition coefficient (Wildman–Crippen LogP) is 6.19. The zero-order chi connectivity index (χ0) is 24.5. The fraction of sp³-hybridized carbons (Fsp3) is 0.179. The maximum atomic E-state index is 14.1. The molecular formula is C28H25FN4O2. The minimum absolute atomic E-state index is 0.276. The maximum Gasteiger partial charge on any atom is 0.322 e. The van der Waals surface area contributed by atoms with E-state index in [-0.39, 0.29) is 17.7 Å². The molecule has 0 saturated carbocycles. The van der Waals surface area contributed by atoms with Gasteiger partial charge in [-0.1, -0.05) is 65.3 Å². The van der Waals surface area contributed by atoms with Crippen LogP contribution < -0.4 is 5.32 Å². The van der Waals surface area contributed by atoms with Gasteiger partial charge in [0, 0.05) is 11.3 Å². The predicted molar refractivity (Wildman–Crippen MR) is 131 cm³/mol. The van der Waals surface area contributed by atoms with Gasteiger partial charge in [-0.3, -0.25) is 4.90 Å². The zero-order valence-electron chi connectivity index (χ0n) is 19.7. The third-order valence-corrected chi connectivity index (χ3v) is 6.30. The average molecular weight is 469 g/mol. The van der Waals surface area contributed by atoms with Gasteiger partial charge in [-0.25, -0.2) is 9.18 Å². The van der Waals surface area contributed by atoms with Gasteiger partial charge in [0.25, 0.3) is 5.89 Å². The van der Waals surface area contributed by atoms with E-state index < -0.39 is 6.04 Å². The van der Waals surface area contributed by atoms with Crippen LogP contribution in [0.2, 0.25) is 0 Å². The average Bonchev–Trinajstić information content (AvgIpc) is 3.32. The third-order valence-electron chi connectivity index (χ3n) is 6.30. The first kappa shape index (κ1) is 22.5. The highest BCUT2D eigenvalue weighted by molar-refractivity contribution is 5.87. The second-order valence-corrected chi connectivity index (χ2v) is 8.74. The molecule has 0 fully saturated rings. The van der Waals surface area contributed by atoms with E-state index in [0.717, 1.165) is 22.3 Å². The van der Waals surface area contributed by atoms with Gasteiger partial charge in [-0.2, -0.15) is 4.98 Å². The van der Waals surface area contributed by atoms with Crippen LogP contribution in [0.5, 0.6) is 0 Å². The number of amides is 2. The van der Waals surface area contributed by atoms with E-state index in [1.54, 1.807) is 17.0 Å². The van der Waals surface area contributed by atoms with Crippen LogP contribution in [0.25, 0.3) is 17.0 Å². The molecule has 0 aliphatic carbocycles. The Morgan fingerprint density at radius 2 is 1.80 bits per heavy atom. The summed E-state index contributed by atoms with van der Waals surface area (Å²) in [6, 6.07) is 21.0. The van der Waals surface area contributed by atoms with Crippen LogP contribution in [0, 0.1) is 19.7 Å². The maximum absolute atomic E-state index is 14.1. The summed E-state index contributed by atoms with van der Waals surface area (Å²) in [6.45, 7) is 6.24. The number of aryl methyl sites for hydroxylation is 2. The van der Waals surface area contributed by atoms with Gasteiger partial charge < -0.3 is 9.84 Å². The van der Waals surface area contributed by atoms with E-state index in [4.69, 9.17) is 4.52 Å². The van der Waals surface area contributed by atoms with Gasteiger partial charge in [0.2, 0.25) is 5.82 Å². The summed E-state index contributed by atoms with van der Waals surface area (Å²) in [5, 5.41) is 7.22. The molecule has 0 spiro atoms. The molecule has 0 saturated heterocycles. The van der Waals surface area contributed by atoms with Crippen molar-refractivity contribution in [2.75, 3.05) is 0 Å². The summed E-state index contributed by atoms with van der Waals surface area (Å²) in [7, 11) is 0. The van der Waals surface area contributed by atoms with Crippen LogP contribution in [0.1, 0.15) is 41.1 Å². The zero-order valence-corrected chi connectivity index (χ0v) is 19.7. The van der Waals surface area contributed by atoms with Crippen LogP contribution in [-0.2, 0) is 6.54 Å². The fourth-order valence-corrected chi connectivity index (χ4v) is 4.38. The van der Waals surface area contributed by atoms with E-state index in [1.807, 2.05) is 69.3 Å². The monoisotopic (exact) mass is 468 g/mol. The Bertz CT molecular complexity index is 1440. The van der Waals surface area contributed by atoms with Crippen LogP contribution in [0.3, 0.4) is 0 Å². The molecule has 1 N–H and O–H groups in total. The van der Waals surface area contributed by atoms with Crippen molar-refractivity contribution in [3.05, 3.63) is 112 Å². The molecule has 0 radical (unpaired) electrons. The molecule has 1 atom stereocenters. The lowest BCUT2D eigenvalue weighted by Gasteiger charge is -2.35. The molecule has 7 heteroatoms. The summed E-state index contributed by atoms with van der Waals surface area (Å²) in [5.74, 6) is 0.342. The molecule has 2 heterocycles. The van der Waals surface area contributed by atoms with Crippen molar-refractivity contribution in [1.29, 1.82) is 0 Å². The minimum atomic E-state index is -0.642. The Kier molecular flexibility index (Phi) is 5.91. The second kappa shape index (κ2) is 9.18.